The average Bonchev–Trinajstić information content (AvgIpc) is 2.28. The summed E-state index contributed by atoms with van der Waals surface area (Å²) < 4.78 is 12.9. The SMILES string of the molecule is Cl.Fc1cccc(CNC2CCNCC2)c1. The summed E-state index contributed by atoms with van der Waals surface area (Å²) in [5.41, 5.74) is 1.02. The molecule has 16 heavy (non-hydrogen) atoms. The number of halogens is 2. The summed E-state index contributed by atoms with van der Waals surface area (Å²) in [4.78, 5) is 0. The fraction of sp³-hybridized carbons (Fsp3) is 0.500. The van der Waals surface area contributed by atoms with Gasteiger partial charge in [0.05, 0.1) is 0 Å². The van der Waals surface area contributed by atoms with E-state index in [1.54, 1.807) is 12.1 Å². The van der Waals surface area contributed by atoms with E-state index >= 15 is 0 Å². The van der Waals surface area contributed by atoms with E-state index in [9.17, 15) is 4.39 Å². The zero-order chi connectivity index (χ0) is 10.5. The highest BCUT2D eigenvalue weighted by Gasteiger charge is 2.11. The molecule has 4 heteroatoms. The first-order chi connectivity index (χ1) is 7.34. The van der Waals surface area contributed by atoms with Crippen molar-refractivity contribution in [2.45, 2.75) is 25.4 Å². The van der Waals surface area contributed by atoms with Gasteiger partial charge in [-0.15, -0.1) is 12.4 Å². The number of rotatable bonds is 3. The van der Waals surface area contributed by atoms with E-state index in [0.717, 1.165) is 38.0 Å². The van der Waals surface area contributed by atoms with Gasteiger partial charge in [0.15, 0.2) is 0 Å². The van der Waals surface area contributed by atoms with E-state index < -0.39 is 0 Å². The molecule has 90 valence electrons. The summed E-state index contributed by atoms with van der Waals surface area (Å²) in [5, 5.41) is 6.78. The first-order valence-electron chi connectivity index (χ1n) is 5.53. The molecular weight excluding hydrogens is 227 g/mol. The van der Waals surface area contributed by atoms with Gasteiger partial charge in [0.25, 0.3) is 0 Å². The first kappa shape index (κ1) is 13.4. The molecule has 0 bridgehead atoms. The third-order valence-corrected chi connectivity index (χ3v) is 2.82. The van der Waals surface area contributed by atoms with Crippen molar-refractivity contribution < 1.29 is 4.39 Å². The summed E-state index contributed by atoms with van der Waals surface area (Å²) in [6.45, 7) is 2.93. The van der Waals surface area contributed by atoms with Crippen LogP contribution < -0.4 is 10.6 Å². The molecule has 1 aliphatic rings. The molecule has 0 aromatic heterocycles. The van der Waals surface area contributed by atoms with Crippen LogP contribution in [0.25, 0.3) is 0 Å². The zero-order valence-corrected chi connectivity index (χ0v) is 10.0. The van der Waals surface area contributed by atoms with Crippen LogP contribution in [0.5, 0.6) is 0 Å². The Hall–Kier alpha value is -0.640. The van der Waals surface area contributed by atoms with Crippen molar-refractivity contribution in [3.8, 4) is 0 Å². The number of benzene rings is 1. The standard InChI is InChI=1S/C12H17FN2.ClH/c13-11-3-1-2-10(8-11)9-15-12-4-6-14-7-5-12;/h1-3,8,12,14-15H,4-7,9H2;1H. The number of nitrogens with one attached hydrogen (secondary N) is 2. The normalized spacial score (nSPS) is 16.8. The van der Waals surface area contributed by atoms with E-state index in [2.05, 4.69) is 10.6 Å². The van der Waals surface area contributed by atoms with Crippen LogP contribution in [-0.4, -0.2) is 19.1 Å². The fourth-order valence-corrected chi connectivity index (χ4v) is 1.94. The van der Waals surface area contributed by atoms with E-state index in [0.29, 0.717) is 6.04 Å². The Balaban J connectivity index is 0.00000128. The molecular formula is C12H18ClFN2. The van der Waals surface area contributed by atoms with Gasteiger partial charge in [-0.3, -0.25) is 0 Å². The molecule has 2 nitrogen and oxygen atoms in total. The minimum absolute atomic E-state index is 0. The maximum absolute atomic E-state index is 12.9. The third-order valence-electron chi connectivity index (χ3n) is 2.82. The van der Waals surface area contributed by atoms with Gasteiger partial charge < -0.3 is 10.6 Å². The molecule has 0 radical (unpaired) electrons. The van der Waals surface area contributed by atoms with Crippen LogP contribution in [0.3, 0.4) is 0 Å². The van der Waals surface area contributed by atoms with Crippen molar-refractivity contribution >= 4 is 12.4 Å². The highest BCUT2D eigenvalue weighted by atomic mass is 35.5. The summed E-state index contributed by atoms with van der Waals surface area (Å²) in [5.74, 6) is -0.153. The molecule has 0 atom stereocenters. The summed E-state index contributed by atoms with van der Waals surface area (Å²) in [7, 11) is 0. The smallest absolute Gasteiger partial charge is 0.123 e. The van der Waals surface area contributed by atoms with Crippen LogP contribution in [0.2, 0.25) is 0 Å². The van der Waals surface area contributed by atoms with Gasteiger partial charge in [0, 0.05) is 12.6 Å². The minimum atomic E-state index is -0.153. The van der Waals surface area contributed by atoms with Gasteiger partial charge >= 0.3 is 0 Å². The molecule has 1 aliphatic heterocycles. The molecule has 1 saturated heterocycles. The summed E-state index contributed by atoms with van der Waals surface area (Å²) in [6.07, 6.45) is 2.32. The monoisotopic (exact) mass is 244 g/mol. The Bertz CT molecular complexity index is 314. The first-order valence-corrected chi connectivity index (χ1v) is 5.53. The van der Waals surface area contributed by atoms with E-state index in [4.69, 9.17) is 0 Å². The molecule has 0 unspecified atom stereocenters. The predicted molar refractivity (Wildman–Crippen MR) is 66.4 cm³/mol. The van der Waals surface area contributed by atoms with Crippen LogP contribution in [0, 0.1) is 5.82 Å². The molecule has 0 saturated carbocycles. The zero-order valence-electron chi connectivity index (χ0n) is 9.21. The molecule has 2 N–H and O–H groups in total. The third kappa shape index (κ3) is 4.08. The second-order valence-corrected chi connectivity index (χ2v) is 4.04. The summed E-state index contributed by atoms with van der Waals surface area (Å²) in [6, 6.07) is 7.36. The predicted octanol–water partition coefficient (Wildman–Crippen LogP) is 2.09. The van der Waals surface area contributed by atoms with Crippen molar-refractivity contribution in [1.82, 2.24) is 10.6 Å². The van der Waals surface area contributed by atoms with Gasteiger partial charge in [-0.25, -0.2) is 4.39 Å². The second kappa shape index (κ2) is 6.84. The van der Waals surface area contributed by atoms with Crippen LogP contribution in [-0.2, 0) is 6.54 Å². The maximum atomic E-state index is 12.9. The Morgan fingerprint density at radius 3 is 2.75 bits per heavy atom. The van der Waals surface area contributed by atoms with Crippen molar-refractivity contribution in [2.24, 2.45) is 0 Å². The fourth-order valence-electron chi connectivity index (χ4n) is 1.94. The quantitative estimate of drug-likeness (QED) is 0.851. The minimum Gasteiger partial charge on any atom is -0.317 e. The van der Waals surface area contributed by atoms with Crippen LogP contribution in [0.1, 0.15) is 18.4 Å². The Morgan fingerprint density at radius 2 is 2.06 bits per heavy atom. The number of piperidine rings is 1. The van der Waals surface area contributed by atoms with Crippen LogP contribution >= 0.6 is 12.4 Å². The van der Waals surface area contributed by atoms with Gasteiger partial charge in [-0.2, -0.15) is 0 Å². The molecule has 1 aromatic rings. The molecule has 0 spiro atoms. The Labute approximate surface area is 102 Å². The van der Waals surface area contributed by atoms with Crippen molar-refractivity contribution in [3.05, 3.63) is 35.6 Å². The molecule has 1 heterocycles. The van der Waals surface area contributed by atoms with Gasteiger partial charge in [0.1, 0.15) is 5.82 Å². The van der Waals surface area contributed by atoms with Crippen molar-refractivity contribution in [2.75, 3.05) is 13.1 Å². The second-order valence-electron chi connectivity index (χ2n) is 4.04. The van der Waals surface area contributed by atoms with Gasteiger partial charge in [-0.05, 0) is 43.6 Å². The lowest BCUT2D eigenvalue weighted by molar-refractivity contribution is 0.386. The average molecular weight is 245 g/mol. The molecule has 0 amide bonds. The molecule has 2 rings (SSSR count). The van der Waals surface area contributed by atoms with E-state index in [1.807, 2.05) is 6.07 Å². The molecule has 0 aliphatic carbocycles. The van der Waals surface area contributed by atoms with Gasteiger partial charge in [-0.1, -0.05) is 12.1 Å². The topological polar surface area (TPSA) is 24.1 Å². The Morgan fingerprint density at radius 1 is 1.31 bits per heavy atom. The lowest BCUT2D eigenvalue weighted by Crippen LogP contribution is -2.39. The number of hydrogen-bond acceptors (Lipinski definition) is 2. The largest absolute Gasteiger partial charge is 0.317 e. The lowest BCUT2D eigenvalue weighted by Gasteiger charge is -2.23. The van der Waals surface area contributed by atoms with Crippen LogP contribution in [0.15, 0.2) is 24.3 Å². The van der Waals surface area contributed by atoms with Crippen molar-refractivity contribution in [1.29, 1.82) is 0 Å². The van der Waals surface area contributed by atoms with Crippen LogP contribution in [0.4, 0.5) is 4.39 Å². The Kier molecular flexibility index (Phi) is 5.74. The number of hydrogen-bond donors (Lipinski definition) is 2. The molecule has 1 fully saturated rings. The highest BCUT2D eigenvalue weighted by Crippen LogP contribution is 2.06. The van der Waals surface area contributed by atoms with E-state index in [-0.39, 0.29) is 18.2 Å². The maximum Gasteiger partial charge on any atom is 0.123 e. The highest BCUT2D eigenvalue weighted by molar-refractivity contribution is 5.85. The van der Waals surface area contributed by atoms with Crippen molar-refractivity contribution in [3.63, 3.8) is 0 Å². The van der Waals surface area contributed by atoms with E-state index in [1.165, 1.54) is 6.07 Å². The summed E-state index contributed by atoms with van der Waals surface area (Å²) >= 11 is 0. The van der Waals surface area contributed by atoms with Gasteiger partial charge in [0.2, 0.25) is 0 Å². The lowest BCUT2D eigenvalue weighted by atomic mass is 10.1. The molecule has 1 aromatic carbocycles.